The van der Waals surface area contributed by atoms with Gasteiger partial charge < -0.3 is 9.72 Å². The van der Waals surface area contributed by atoms with Crippen LogP contribution in [0.5, 0.6) is 5.75 Å². The lowest BCUT2D eigenvalue weighted by atomic mass is 9.99. The van der Waals surface area contributed by atoms with Gasteiger partial charge in [-0.15, -0.1) is 0 Å². The molecule has 1 heterocycles. The van der Waals surface area contributed by atoms with Gasteiger partial charge in [0.05, 0.1) is 6.61 Å². The number of benzene rings is 1. The number of nitrogens with one attached hydrogen (secondary N) is 1. The average molecular weight is 310 g/mol. The number of ether oxygens (including phenoxy) is 1. The van der Waals surface area contributed by atoms with Crippen molar-refractivity contribution < 1.29 is 4.74 Å². The third-order valence-corrected chi connectivity index (χ3v) is 3.77. The zero-order valence-corrected chi connectivity index (χ0v) is 13.9. The molecule has 0 aliphatic rings. The van der Waals surface area contributed by atoms with Crippen LogP contribution in [0.15, 0.2) is 29.1 Å². The number of pyridine rings is 1. The molecule has 4 nitrogen and oxygen atoms in total. The molecule has 23 heavy (non-hydrogen) atoms. The van der Waals surface area contributed by atoms with Crippen LogP contribution in [-0.2, 0) is 0 Å². The summed E-state index contributed by atoms with van der Waals surface area (Å²) in [5, 5.41) is 9.25. The molecule has 120 valence electrons. The molecule has 2 aromatic rings. The van der Waals surface area contributed by atoms with Gasteiger partial charge in [-0.2, -0.15) is 5.26 Å². The molecule has 0 atom stereocenters. The van der Waals surface area contributed by atoms with Crippen molar-refractivity contribution in [1.29, 1.82) is 5.26 Å². The van der Waals surface area contributed by atoms with Crippen LogP contribution < -0.4 is 10.3 Å². The van der Waals surface area contributed by atoms with Gasteiger partial charge in [-0.1, -0.05) is 25.8 Å². The van der Waals surface area contributed by atoms with Crippen molar-refractivity contribution in [2.45, 2.75) is 40.0 Å². The summed E-state index contributed by atoms with van der Waals surface area (Å²) in [5.41, 5.74) is 3.05. The zero-order valence-electron chi connectivity index (χ0n) is 13.9. The van der Waals surface area contributed by atoms with Crippen molar-refractivity contribution >= 4 is 0 Å². The van der Waals surface area contributed by atoms with Gasteiger partial charge in [0.1, 0.15) is 17.4 Å². The molecule has 0 fully saturated rings. The van der Waals surface area contributed by atoms with Gasteiger partial charge in [0, 0.05) is 11.3 Å². The lowest BCUT2D eigenvalue weighted by Gasteiger charge is -2.11. The number of nitrogens with zero attached hydrogens (tertiary/aromatic N) is 1. The molecule has 4 heteroatoms. The summed E-state index contributed by atoms with van der Waals surface area (Å²) in [4.78, 5) is 14.6. The molecule has 2 rings (SSSR count). The van der Waals surface area contributed by atoms with E-state index >= 15 is 0 Å². The van der Waals surface area contributed by atoms with E-state index in [1.54, 1.807) is 0 Å². The van der Waals surface area contributed by atoms with Gasteiger partial charge in [0.2, 0.25) is 0 Å². The van der Waals surface area contributed by atoms with Crippen molar-refractivity contribution in [2.75, 3.05) is 6.61 Å². The summed E-state index contributed by atoms with van der Waals surface area (Å²) in [7, 11) is 0. The first-order valence-electron chi connectivity index (χ1n) is 7.94. The van der Waals surface area contributed by atoms with Gasteiger partial charge in [-0.25, -0.2) is 0 Å². The van der Waals surface area contributed by atoms with Crippen LogP contribution in [0.25, 0.3) is 11.1 Å². The molecule has 0 spiro atoms. The predicted octanol–water partition coefficient (Wildman–Crippen LogP) is 4.10. The van der Waals surface area contributed by atoms with Crippen molar-refractivity contribution in [1.82, 2.24) is 4.98 Å². The number of hydrogen-bond acceptors (Lipinski definition) is 3. The molecule has 0 unspecified atom stereocenters. The number of rotatable bonds is 6. The maximum absolute atomic E-state index is 11.9. The predicted molar refractivity (Wildman–Crippen MR) is 91.7 cm³/mol. The average Bonchev–Trinajstić information content (AvgIpc) is 2.52. The number of unbranched alkanes of at least 4 members (excludes halogenated alkanes) is 2. The SMILES string of the molecule is CCCCCOc1ccc(-c2cc(C)[nH]c(=O)c2C#N)cc1C. The topological polar surface area (TPSA) is 65.9 Å². The Morgan fingerprint density at radius 1 is 1.22 bits per heavy atom. The first kappa shape index (κ1) is 16.8. The van der Waals surface area contributed by atoms with E-state index in [-0.39, 0.29) is 11.1 Å². The van der Waals surface area contributed by atoms with E-state index in [1.165, 1.54) is 6.42 Å². The quantitative estimate of drug-likeness (QED) is 0.817. The molecule has 0 aliphatic carbocycles. The summed E-state index contributed by atoms with van der Waals surface area (Å²) in [6, 6.07) is 9.60. The van der Waals surface area contributed by atoms with Crippen molar-refractivity contribution in [3.05, 3.63) is 51.4 Å². The second-order valence-electron chi connectivity index (χ2n) is 5.72. The Morgan fingerprint density at radius 3 is 2.65 bits per heavy atom. The molecule has 1 aromatic carbocycles. The molecular formula is C19H22N2O2. The molecule has 0 saturated carbocycles. The number of nitriles is 1. The van der Waals surface area contributed by atoms with Crippen LogP contribution in [0, 0.1) is 25.2 Å². The third-order valence-electron chi connectivity index (χ3n) is 3.77. The second kappa shape index (κ2) is 7.64. The lowest BCUT2D eigenvalue weighted by Crippen LogP contribution is -2.12. The minimum atomic E-state index is -0.347. The first-order valence-corrected chi connectivity index (χ1v) is 7.94. The van der Waals surface area contributed by atoms with Crippen molar-refractivity contribution in [2.24, 2.45) is 0 Å². The van der Waals surface area contributed by atoms with Crippen LogP contribution in [0.4, 0.5) is 0 Å². The van der Waals surface area contributed by atoms with E-state index in [4.69, 9.17) is 4.74 Å². The van der Waals surface area contributed by atoms with E-state index in [2.05, 4.69) is 11.9 Å². The Morgan fingerprint density at radius 2 is 2.00 bits per heavy atom. The van der Waals surface area contributed by atoms with E-state index in [9.17, 15) is 10.1 Å². The summed E-state index contributed by atoms with van der Waals surface area (Å²) in [6.07, 6.45) is 3.37. The van der Waals surface area contributed by atoms with Gasteiger partial charge >= 0.3 is 0 Å². The van der Waals surface area contributed by atoms with Gasteiger partial charge in [0.15, 0.2) is 0 Å². The fourth-order valence-electron chi connectivity index (χ4n) is 2.54. The van der Waals surface area contributed by atoms with Crippen LogP contribution >= 0.6 is 0 Å². The minimum absolute atomic E-state index is 0.145. The Balaban J connectivity index is 2.31. The van der Waals surface area contributed by atoms with Gasteiger partial charge in [0.25, 0.3) is 5.56 Å². The Labute approximate surface area is 136 Å². The highest BCUT2D eigenvalue weighted by Crippen LogP contribution is 2.27. The van der Waals surface area contributed by atoms with E-state index in [1.807, 2.05) is 44.2 Å². The number of aryl methyl sites for hydroxylation is 2. The largest absolute Gasteiger partial charge is 0.493 e. The van der Waals surface area contributed by atoms with E-state index in [0.29, 0.717) is 12.2 Å². The van der Waals surface area contributed by atoms with E-state index in [0.717, 1.165) is 35.4 Å². The molecular weight excluding hydrogens is 288 g/mol. The monoisotopic (exact) mass is 310 g/mol. The number of aromatic amines is 1. The second-order valence-corrected chi connectivity index (χ2v) is 5.72. The number of H-pyrrole nitrogens is 1. The molecule has 0 radical (unpaired) electrons. The number of hydrogen-bond donors (Lipinski definition) is 1. The highest BCUT2D eigenvalue weighted by Gasteiger charge is 2.11. The maximum Gasteiger partial charge on any atom is 0.266 e. The molecule has 1 N–H and O–H groups in total. The van der Waals surface area contributed by atoms with E-state index < -0.39 is 0 Å². The minimum Gasteiger partial charge on any atom is -0.493 e. The molecule has 0 aliphatic heterocycles. The molecule has 0 saturated heterocycles. The van der Waals surface area contributed by atoms with Crippen LogP contribution in [-0.4, -0.2) is 11.6 Å². The summed E-state index contributed by atoms with van der Waals surface area (Å²) in [6.45, 7) is 6.66. The maximum atomic E-state index is 11.9. The standard InChI is InChI=1S/C19H22N2O2/c1-4-5-6-9-23-18-8-7-15(10-13(18)2)16-11-14(3)21-19(22)17(16)12-20/h7-8,10-11H,4-6,9H2,1-3H3,(H,21,22). The fraction of sp³-hybridized carbons (Fsp3) is 0.368. The van der Waals surface area contributed by atoms with Crippen molar-refractivity contribution in [3.8, 4) is 22.9 Å². The van der Waals surface area contributed by atoms with Gasteiger partial charge in [-0.3, -0.25) is 4.79 Å². The Kier molecular flexibility index (Phi) is 5.59. The molecule has 1 aromatic heterocycles. The van der Waals surface area contributed by atoms with Crippen molar-refractivity contribution in [3.63, 3.8) is 0 Å². The Bertz CT molecular complexity index is 785. The highest BCUT2D eigenvalue weighted by atomic mass is 16.5. The van der Waals surface area contributed by atoms with Crippen LogP contribution in [0.3, 0.4) is 0 Å². The number of aromatic nitrogens is 1. The van der Waals surface area contributed by atoms with Crippen LogP contribution in [0.2, 0.25) is 0 Å². The lowest BCUT2D eigenvalue weighted by molar-refractivity contribution is 0.304. The summed E-state index contributed by atoms with van der Waals surface area (Å²) >= 11 is 0. The van der Waals surface area contributed by atoms with Gasteiger partial charge in [-0.05, 0) is 49.6 Å². The molecule has 0 amide bonds. The summed E-state index contributed by atoms with van der Waals surface area (Å²) < 4.78 is 5.80. The van der Waals surface area contributed by atoms with Crippen LogP contribution in [0.1, 0.15) is 43.0 Å². The fourth-order valence-corrected chi connectivity index (χ4v) is 2.54. The summed E-state index contributed by atoms with van der Waals surface area (Å²) in [5.74, 6) is 0.852. The Hall–Kier alpha value is -2.54. The highest BCUT2D eigenvalue weighted by molar-refractivity contribution is 5.71. The normalized spacial score (nSPS) is 10.3. The molecule has 0 bridgehead atoms. The zero-order chi connectivity index (χ0) is 16.8. The smallest absolute Gasteiger partial charge is 0.266 e. The first-order chi connectivity index (χ1) is 11.1. The third kappa shape index (κ3) is 4.01.